The standard InChI is InChI=1S/C19H32O/c1-4-7-10-17(11-8-5-2)14-15-18-12-9-13-19(16-18)20-6-3/h9,12-13,16-17H,4-8,10-11,14-15H2,1-3H3. The van der Waals surface area contributed by atoms with E-state index in [1.807, 2.05) is 6.92 Å². The number of aryl methyl sites for hydroxylation is 1. The van der Waals surface area contributed by atoms with Crippen molar-refractivity contribution in [1.82, 2.24) is 0 Å². The molecule has 0 fully saturated rings. The summed E-state index contributed by atoms with van der Waals surface area (Å²) >= 11 is 0. The van der Waals surface area contributed by atoms with Crippen LogP contribution in [-0.2, 0) is 6.42 Å². The summed E-state index contributed by atoms with van der Waals surface area (Å²) in [7, 11) is 0. The van der Waals surface area contributed by atoms with Crippen LogP contribution >= 0.6 is 0 Å². The van der Waals surface area contributed by atoms with Gasteiger partial charge in [-0.1, -0.05) is 64.5 Å². The maximum Gasteiger partial charge on any atom is 0.119 e. The fourth-order valence-corrected chi connectivity index (χ4v) is 2.75. The van der Waals surface area contributed by atoms with Crippen LogP contribution in [0.2, 0.25) is 0 Å². The summed E-state index contributed by atoms with van der Waals surface area (Å²) in [6, 6.07) is 8.62. The fraction of sp³-hybridized carbons (Fsp3) is 0.684. The van der Waals surface area contributed by atoms with Crippen molar-refractivity contribution < 1.29 is 4.74 Å². The largest absolute Gasteiger partial charge is 0.494 e. The molecule has 0 radical (unpaired) electrons. The molecule has 0 saturated heterocycles. The Morgan fingerprint density at radius 3 is 2.25 bits per heavy atom. The van der Waals surface area contributed by atoms with Gasteiger partial charge in [0, 0.05) is 0 Å². The van der Waals surface area contributed by atoms with Gasteiger partial charge < -0.3 is 4.74 Å². The summed E-state index contributed by atoms with van der Waals surface area (Å²) < 4.78 is 5.58. The summed E-state index contributed by atoms with van der Waals surface area (Å²) in [6.45, 7) is 7.38. The molecule has 0 atom stereocenters. The van der Waals surface area contributed by atoms with Crippen LogP contribution in [0.25, 0.3) is 0 Å². The number of hydrogen-bond donors (Lipinski definition) is 0. The summed E-state index contributed by atoms with van der Waals surface area (Å²) in [5, 5.41) is 0. The molecule has 0 amide bonds. The molecule has 1 heteroatoms. The molecular formula is C19H32O. The maximum atomic E-state index is 5.58. The number of hydrogen-bond acceptors (Lipinski definition) is 1. The number of unbranched alkanes of at least 4 members (excludes halogenated alkanes) is 2. The van der Waals surface area contributed by atoms with Crippen LogP contribution in [0.15, 0.2) is 24.3 Å². The molecule has 1 aromatic carbocycles. The molecule has 0 aliphatic rings. The van der Waals surface area contributed by atoms with E-state index in [0.717, 1.165) is 18.3 Å². The summed E-state index contributed by atoms with van der Waals surface area (Å²) in [5.41, 5.74) is 1.42. The van der Waals surface area contributed by atoms with Gasteiger partial charge in [-0.25, -0.2) is 0 Å². The Labute approximate surface area is 125 Å². The molecule has 1 rings (SSSR count). The Bertz CT molecular complexity index is 337. The van der Waals surface area contributed by atoms with Crippen molar-refractivity contribution >= 4 is 0 Å². The Kier molecular flexibility index (Phi) is 9.19. The molecule has 1 nitrogen and oxygen atoms in total. The van der Waals surface area contributed by atoms with Crippen molar-refractivity contribution in [3.05, 3.63) is 29.8 Å². The Morgan fingerprint density at radius 2 is 1.65 bits per heavy atom. The first kappa shape index (κ1) is 17.1. The molecule has 20 heavy (non-hydrogen) atoms. The van der Waals surface area contributed by atoms with Gasteiger partial charge in [0.2, 0.25) is 0 Å². The van der Waals surface area contributed by atoms with E-state index in [2.05, 4.69) is 38.1 Å². The molecule has 0 unspecified atom stereocenters. The zero-order valence-corrected chi connectivity index (χ0v) is 13.7. The summed E-state index contributed by atoms with van der Waals surface area (Å²) in [4.78, 5) is 0. The van der Waals surface area contributed by atoms with E-state index in [1.165, 1.54) is 56.9 Å². The lowest BCUT2D eigenvalue weighted by Crippen LogP contribution is -2.03. The van der Waals surface area contributed by atoms with E-state index in [0.29, 0.717) is 0 Å². The van der Waals surface area contributed by atoms with Crippen molar-refractivity contribution in [1.29, 1.82) is 0 Å². The highest BCUT2D eigenvalue weighted by Gasteiger charge is 2.08. The zero-order valence-electron chi connectivity index (χ0n) is 13.7. The molecule has 0 aliphatic carbocycles. The van der Waals surface area contributed by atoms with Gasteiger partial charge in [0.1, 0.15) is 5.75 Å². The predicted octanol–water partition coefficient (Wildman–Crippen LogP) is 6.01. The molecule has 0 heterocycles. The number of benzene rings is 1. The number of rotatable bonds is 11. The topological polar surface area (TPSA) is 9.23 Å². The van der Waals surface area contributed by atoms with Crippen LogP contribution in [0.3, 0.4) is 0 Å². The van der Waals surface area contributed by atoms with E-state index >= 15 is 0 Å². The smallest absolute Gasteiger partial charge is 0.119 e. The Hall–Kier alpha value is -0.980. The quantitative estimate of drug-likeness (QED) is 0.480. The minimum absolute atomic E-state index is 0.749. The zero-order chi connectivity index (χ0) is 14.6. The van der Waals surface area contributed by atoms with Gasteiger partial charge in [0.05, 0.1) is 6.61 Å². The van der Waals surface area contributed by atoms with Crippen LogP contribution in [-0.4, -0.2) is 6.61 Å². The number of ether oxygens (including phenoxy) is 1. The third-order valence-electron chi connectivity index (χ3n) is 3.98. The normalized spacial score (nSPS) is 11.0. The Morgan fingerprint density at radius 1 is 0.950 bits per heavy atom. The van der Waals surface area contributed by atoms with Crippen LogP contribution in [0, 0.1) is 5.92 Å². The van der Waals surface area contributed by atoms with Gasteiger partial charge in [0.15, 0.2) is 0 Å². The molecule has 0 spiro atoms. The summed E-state index contributed by atoms with van der Waals surface area (Å²) in [6.07, 6.45) is 10.7. The van der Waals surface area contributed by atoms with E-state index in [9.17, 15) is 0 Å². The molecule has 0 aliphatic heterocycles. The van der Waals surface area contributed by atoms with Crippen molar-refractivity contribution in [3.63, 3.8) is 0 Å². The molecule has 114 valence electrons. The van der Waals surface area contributed by atoms with Gasteiger partial charge in [-0.15, -0.1) is 0 Å². The highest BCUT2D eigenvalue weighted by Crippen LogP contribution is 2.23. The van der Waals surface area contributed by atoms with E-state index in [4.69, 9.17) is 4.74 Å². The van der Waals surface area contributed by atoms with Crippen LogP contribution < -0.4 is 4.74 Å². The third kappa shape index (κ3) is 6.98. The minimum atomic E-state index is 0.749. The lowest BCUT2D eigenvalue weighted by molar-refractivity contribution is 0.339. The Balaban J connectivity index is 2.45. The van der Waals surface area contributed by atoms with Gasteiger partial charge >= 0.3 is 0 Å². The molecule has 0 aromatic heterocycles. The van der Waals surface area contributed by atoms with Crippen LogP contribution in [0.4, 0.5) is 0 Å². The van der Waals surface area contributed by atoms with Gasteiger partial charge in [0.25, 0.3) is 0 Å². The van der Waals surface area contributed by atoms with Crippen LogP contribution in [0.5, 0.6) is 5.75 Å². The molecule has 0 N–H and O–H groups in total. The van der Waals surface area contributed by atoms with Crippen molar-refractivity contribution in [2.24, 2.45) is 5.92 Å². The van der Waals surface area contributed by atoms with Gasteiger partial charge in [-0.3, -0.25) is 0 Å². The lowest BCUT2D eigenvalue weighted by atomic mass is 9.90. The minimum Gasteiger partial charge on any atom is -0.494 e. The molecular weight excluding hydrogens is 244 g/mol. The summed E-state index contributed by atoms with van der Waals surface area (Å²) in [5.74, 6) is 1.93. The first-order valence-electron chi connectivity index (χ1n) is 8.51. The van der Waals surface area contributed by atoms with Gasteiger partial charge in [-0.05, 0) is 43.4 Å². The van der Waals surface area contributed by atoms with Crippen molar-refractivity contribution in [2.45, 2.75) is 72.1 Å². The average Bonchev–Trinajstić information content (AvgIpc) is 2.47. The first-order chi connectivity index (χ1) is 9.80. The van der Waals surface area contributed by atoms with Crippen molar-refractivity contribution in [2.75, 3.05) is 6.61 Å². The third-order valence-corrected chi connectivity index (χ3v) is 3.98. The van der Waals surface area contributed by atoms with E-state index < -0.39 is 0 Å². The molecule has 0 saturated carbocycles. The SMILES string of the molecule is CCCCC(CCCC)CCc1cccc(OCC)c1. The second-order valence-corrected chi connectivity index (χ2v) is 5.77. The average molecular weight is 276 g/mol. The second kappa shape index (κ2) is 10.8. The maximum absolute atomic E-state index is 5.58. The van der Waals surface area contributed by atoms with Crippen LogP contribution in [0.1, 0.15) is 71.3 Å². The highest BCUT2D eigenvalue weighted by molar-refractivity contribution is 5.28. The van der Waals surface area contributed by atoms with Crippen molar-refractivity contribution in [3.8, 4) is 5.75 Å². The van der Waals surface area contributed by atoms with E-state index in [-0.39, 0.29) is 0 Å². The van der Waals surface area contributed by atoms with E-state index in [1.54, 1.807) is 0 Å². The van der Waals surface area contributed by atoms with Gasteiger partial charge in [-0.2, -0.15) is 0 Å². The monoisotopic (exact) mass is 276 g/mol. The highest BCUT2D eigenvalue weighted by atomic mass is 16.5. The second-order valence-electron chi connectivity index (χ2n) is 5.77. The lowest BCUT2D eigenvalue weighted by Gasteiger charge is -2.16. The fourth-order valence-electron chi connectivity index (χ4n) is 2.75. The first-order valence-corrected chi connectivity index (χ1v) is 8.51. The predicted molar refractivity (Wildman–Crippen MR) is 88.5 cm³/mol. The molecule has 1 aromatic rings. The molecule has 0 bridgehead atoms.